The van der Waals surface area contributed by atoms with Gasteiger partial charge in [-0.3, -0.25) is 10.1 Å². The van der Waals surface area contributed by atoms with Crippen molar-refractivity contribution in [3.05, 3.63) is 67.1 Å². The molecule has 0 unspecified atom stereocenters. The third kappa shape index (κ3) is 2.81. The lowest BCUT2D eigenvalue weighted by Gasteiger charge is -2.25. The van der Waals surface area contributed by atoms with Gasteiger partial charge in [-0.05, 0) is 18.6 Å². The molecule has 0 spiro atoms. The second-order valence-electron chi connectivity index (χ2n) is 5.70. The maximum Gasteiger partial charge on any atom is 0.343 e. The van der Waals surface area contributed by atoms with Gasteiger partial charge in [-0.2, -0.15) is 5.26 Å². The van der Waals surface area contributed by atoms with Gasteiger partial charge in [-0.25, -0.2) is 4.79 Å². The Morgan fingerprint density at radius 1 is 1.41 bits per heavy atom. The van der Waals surface area contributed by atoms with Gasteiger partial charge in [-0.1, -0.05) is 0 Å². The van der Waals surface area contributed by atoms with E-state index in [1.165, 1.54) is 26.2 Å². The van der Waals surface area contributed by atoms with Gasteiger partial charge >= 0.3 is 11.3 Å². The SMILES string of the molecule is COc1cc([C@H]2C(C#N)=C(N)Oc3cc(C)oc(=O)c32)cc([N+](=O)[O-])c1O. The van der Waals surface area contributed by atoms with Crippen LogP contribution in [0, 0.1) is 28.4 Å². The van der Waals surface area contributed by atoms with Crippen LogP contribution in [0.15, 0.2) is 38.9 Å². The van der Waals surface area contributed by atoms with Crippen molar-refractivity contribution in [3.63, 3.8) is 0 Å². The molecule has 0 amide bonds. The summed E-state index contributed by atoms with van der Waals surface area (Å²) in [5.74, 6) is -1.86. The molecule has 10 heteroatoms. The van der Waals surface area contributed by atoms with Gasteiger partial charge in [0.25, 0.3) is 0 Å². The second kappa shape index (κ2) is 6.38. The molecule has 3 rings (SSSR count). The van der Waals surface area contributed by atoms with Crippen molar-refractivity contribution >= 4 is 5.69 Å². The smallest absolute Gasteiger partial charge is 0.343 e. The number of hydrogen-bond acceptors (Lipinski definition) is 9. The first kappa shape index (κ1) is 17.8. The van der Waals surface area contributed by atoms with Crippen molar-refractivity contribution in [1.82, 2.24) is 0 Å². The molecule has 3 N–H and O–H groups in total. The molecule has 1 aromatic carbocycles. The lowest BCUT2D eigenvalue weighted by atomic mass is 9.84. The number of nitro groups is 1. The van der Waals surface area contributed by atoms with Crippen LogP contribution >= 0.6 is 0 Å². The van der Waals surface area contributed by atoms with Crippen molar-refractivity contribution in [2.45, 2.75) is 12.8 Å². The average molecular weight is 371 g/mol. The third-order valence-electron chi connectivity index (χ3n) is 4.08. The van der Waals surface area contributed by atoms with Crippen LogP contribution in [0.1, 0.15) is 22.8 Å². The van der Waals surface area contributed by atoms with Crippen LogP contribution in [0.4, 0.5) is 5.69 Å². The second-order valence-corrected chi connectivity index (χ2v) is 5.70. The Hall–Kier alpha value is -4.00. The molecule has 0 radical (unpaired) electrons. The maximum absolute atomic E-state index is 12.4. The Morgan fingerprint density at radius 3 is 2.70 bits per heavy atom. The summed E-state index contributed by atoms with van der Waals surface area (Å²) in [6.45, 7) is 1.54. The maximum atomic E-state index is 12.4. The lowest BCUT2D eigenvalue weighted by Crippen LogP contribution is -2.26. The van der Waals surface area contributed by atoms with E-state index in [-0.39, 0.29) is 39.8 Å². The number of hydrogen-bond donors (Lipinski definition) is 2. The van der Waals surface area contributed by atoms with Crippen LogP contribution in [0.2, 0.25) is 0 Å². The zero-order valence-electron chi connectivity index (χ0n) is 14.2. The molecular formula is C17H13N3O7. The number of nitro benzene ring substituents is 1. The number of ether oxygens (including phenoxy) is 2. The molecule has 138 valence electrons. The summed E-state index contributed by atoms with van der Waals surface area (Å²) in [5, 5.41) is 30.8. The number of nitrogens with zero attached hydrogens (tertiary/aromatic N) is 2. The normalized spacial score (nSPS) is 15.5. The van der Waals surface area contributed by atoms with Crippen molar-refractivity contribution in [1.29, 1.82) is 5.26 Å². The van der Waals surface area contributed by atoms with Gasteiger partial charge in [0.2, 0.25) is 11.6 Å². The highest BCUT2D eigenvalue weighted by molar-refractivity contribution is 5.62. The summed E-state index contributed by atoms with van der Waals surface area (Å²) in [6.07, 6.45) is 0. The van der Waals surface area contributed by atoms with Crippen LogP contribution in [0.25, 0.3) is 0 Å². The number of aryl methyl sites for hydroxylation is 1. The number of rotatable bonds is 3. The first-order valence-corrected chi connectivity index (χ1v) is 7.56. The largest absolute Gasteiger partial charge is 0.500 e. The molecule has 0 saturated carbocycles. The number of nitrogens with two attached hydrogens (primary N) is 1. The van der Waals surface area contributed by atoms with Crippen LogP contribution in [0.3, 0.4) is 0 Å². The minimum absolute atomic E-state index is 0.0339. The van der Waals surface area contributed by atoms with E-state index >= 15 is 0 Å². The minimum atomic E-state index is -1.09. The van der Waals surface area contributed by atoms with Gasteiger partial charge in [0.1, 0.15) is 23.2 Å². The molecule has 1 aromatic heterocycles. The summed E-state index contributed by atoms with van der Waals surface area (Å²) in [4.78, 5) is 22.9. The lowest BCUT2D eigenvalue weighted by molar-refractivity contribution is -0.386. The molecule has 2 aromatic rings. The van der Waals surface area contributed by atoms with Crippen LogP contribution in [-0.2, 0) is 0 Å². The van der Waals surface area contributed by atoms with Crippen LogP contribution < -0.4 is 20.8 Å². The fraction of sp³-hybridized carbons (Fsp3) is 0.176. The number of phenolic OH excluding ortho intramolecular Hbond substituents is 1. The van der Waals surface area contributed by atoms with Crippen molar-refractivity contribution in [3.8, 4) is 23.3 Å². The Kier molecular flexibility index (Phi) is 4.21. The molecule has 27 heavy (non-hydrogen) atoms. The highest BCUT2D eigenvalue weighted by atomic mass is 16.6. The highest BCUT2D eigenvalue weighted by Crippen LogP contribution is 2.45. The van der Waals surface area contributed by atoms with E-state index in [9.17, 15) is 25.3 Å². The summed E-state index contributed by atoms with van der Waals surface area (Å²) in [7, 11) is 1.22. The highest BCUT2D eigenvalue weighted by Gasteiger charge is 2.36. The van der Waals surface area contributed by atoms with E-state index in [2.05, 4.69) is 0 Å². The van der Waals surface area contributed by atoms with Gasteiger partial charge in [-0.15, -0.1) is 0 Å². The predicted octanol–water partition coefficient (Wildman–Crippen LogP) is 1.79. The van der Waals surface area contributed by atoms with E-state index in [1.54, 1.807) is 0 Å². The number of phenols is 1. The average Bonchev–Trinajstić information content (AvgIpc) is 2.60. The molecule has 0 aliphatic carbocycles. The molecule has 1 atom stereocenters. The third-order valence-corrected chi connectivity index (χ3v) is 4.08. The molecule has 10 nitrogen and oxygen atoms in total. The summed E-state index contributed by atoms with van der Waals surface area (Å²) >= 11 is 0. The number of nitriles is 1. The van der Waals surface area contributed by atoms with Gasteiger partial charge in [0.05, 0.1) is 23.5 Å². The number of allylic oxidation sites excluding steroid dienone is 1. The van der Waals surface area contributed by atoms with Gasteiger partial charge in [0, 0.05) is 12.1 Å². The molecule has 1 aliphatic heterocycles. The fourth-order valence-corrected chi connectivity index (χ4v) is 2.93. The fourth-order valence-electron chi connectivity index (χ4n) is 2.93. The number of benzene rings is 1. The Balaban J connectivity index is 2.37. The molecule has 0 bridgehead atoms. The van der Waals surface area contributed by atoms with E-state index < -0.39 is 27.9 Å². The van der Waals surface area contributed by atoms with E-state index in [0.717, 1.165) is 6.07 Å². The van der Waals surface area contributed by atoms with E-state index in [1.807, 2.05) is 6.07 Å². The number of fused-ring (bicyclic) bond motifs is 1. The first-order valence-electron chi connectivity index (χ1n) is 7.56. The molecule has 2 heterocycles. The minimum Gasteiger partial charge on any atom is -0.500 e. The van der Waals surface area contributed by atoms with Crippen molar-refractivity contribution in [2.75, 3.05) is 7.11 Å². The zero-order valence-corrected chi connectivity index (χ0v) is 14.2. The van der Waals surface area contributed by atoms with E-state index in [4.69, 9.17) is 19.6 Å². The summed E-state index contributed by atoms with van der Waals surface area (Å²) in [5.41, 5.74) is 4.37. The van der Waals surface area contributed by atoms with Gasteiger partial charge < -0.3 is 24.7 Å². The topological polar surface area (TPSA) is 162 Å². The van der Waals surface area contributed by atoms with Crippen molar-refractivity contribution in [2.24, 2.45) is 5.73 Å². The standard InChI is InChI=1S/C17H13N3O7/c1-7-3-11-14(17(22)26-7)13(9(6-18)16(19)27-11)8-4-10(20(23)24)15(21)12(5-8)25-2/h3-5,13,21H,19H2,1-2H3/t13-/m0/s1. The molecule has 1 aliphatic rings. The molecule has 0 saturated heterocycles. The molecule has 0 fully saturated rings. The molecular weight excluding hydrogens is 358 g/mol. The predicted molar refractivity (Wildman–Crippen MR) is 90.3 cm³/mol. The Labute approximate surface area is 151 Å². The quantitative estimate of drug-likeness (QED) is 0.605. The van der Waals surface area contributed by atoms with Crippen molar-refractivity contribution < 1.29 is 23.9 Å². The monoisotopic (exact) mass is 371 g/mol. The summed E-state index contributed by atoms with van der Waals surface area (Å²) < 4.78 is 15.4. The summed E-state index contributed by atoms with van der Waals surface area (Å²) in [6, 6.07) is 5.62. The van der Waals surface area contributed by atoms with Gasteiger partial charge in [0.15, 0.2) is 5.75 Å². The number of aromatic hydroxyl groups is 1. The first-order chi connectivity index (χ1) is 12.8. The van der Waals surface area contributed by atoms with E-state index in [0.29, 0.717) is 0 Å². The Bertz CT molecular complexity index is 1090. The number of methoxy groups -OCH3 is 1. The van der Waals surface area contributed by atoms with Crippen LogP contribution in [0.5, 0.6) is 17.2 Å². The zero-order chi connectivity index (χ0) is 19.9. The Morgan fingerprint density at radius 2 is 2.11 bits per heavy atom. The van der Waals surface area contributed by atoms with Crippen LogP contribution in [-0.4, -0.2) is 17.1 Å².